The molecule has 20 heavy (non-hydrogen) atoms. The highest BCUT2D eigenvalue weighted by Crippen LogP contribution is 2.20. The topological polar surface area (TPSA) is 92.1 Å². The van der Waals surface area contributed by atoms with Gasteiger partial charge in [-0.3, -0.25) is 4.79 Å². The van der Waals surface area contributed by atoms with Crippen molar-refractivity contribution in [1.82, 2.24) is 10.3 Å². The minimum Gasteiger partial charge on any atom is -0.408 e. The van der Waals surface area contributed by atoms with Gasteiger partial charge in [-0.05, 0) is 20.8 Å². The number of pyridine rings is 1. The summed E-state index contributed by atoms with van der Waals surface area (Å²) < 4.78 is 18.0. The van der Waals surface area contributed by atoms with Crippen LogP contribution in [-0.4, -0.2) is 22.4 Å². The summed E-state index contributed by atoms with van der Waals surface area (Å²) in [6.07, 6.45) is -0.306. The molecule has 0 saturated heterocycles. The van der Waals surface area contributed by atoms with Crippen LogP contribution in [-0.2, 0) is 0 Å². The number of carbonyl (C=O) groups is 2. The largest absolute Gasteiger partial charge is 0.413 e. The normalized spacial score (nSPS) is 10.6. The number of nitrogens with zero attached hydrogens (tertiary/aromatic N) is 2. The quantitative estimate of drug-likeness (QED) is 0.676. The molecule has 0 aliphatic carbocycles. The molecule has 0 bridgehead atoms. The second kappa shape index (κ2) is 6.10. The molecule has 0 atom stereocenters. The third kappa shape index (κ3) is 4.65. The minimum absolute atomic E-state index is 0.187. The van der Waals surface area contributed by atoms with Gasteiger partial charge in [0.05, 0.1) is 24.3 Å². The van der Waals surface area contributed by atoms with Crippen molar-refractivity contribution >= 4 is 11.9 Å². The van der Waals surface area contributed by atoms with E-state index >= 15 is 0 Å². The molecule has 1 amide bonds. The van der Waals surface area contributed by atoms with E-state index in [0.717, 1.165) is 12.3 Å². The van der Waals surface area contributed by atoms with Crippen LogP contribution in [0.25, 0.3) is 0 Å². The second-order valence-corrected chi connectivity index (χ2v) is 5.03. The zero-order valence-electron chi connectivity index (χ0n) is 11.4. The van der Waals surface area contributed by atoms with Crippen LogP contribution in [0.1, 0.15) is 37.6 Å². The Balaban J connectivity index is 2.98. The minimum atomic E-state index is -0.894. The fourth-order valence-electron chi connectivity index (χ4n) is 1.32. The van der Waals surface area contributed by atoms with E-state index in [9.17, 15) is 14.0 Å². The first kappa shape index (κ1) is 15.6. The fraction of sp³-hybridized carbons (Fsp3) is 0.385. The predicted molar refractivity (Wildman–Crippen MR) is 67.7 cm³/mol. The molecule has 1 aromatic heterocycles. The SMILES string of the molecule is CC(C)(C)NC(=O)Oc1cnc(F)cc1C(=O)CC#N. The van der Waals surface area contributed by atoms with Crippen molar-refractivity contribution in [3.63, 3.8) is 0 Å². The average molecular weight is 279 g/mol. The van der Waals surface area contributed by atoms with Gasteiger partial charge in [-0.15, -0.1) is 0 Å². The van der Waals surface area contributed by atoms with Crippen LogP contribution in [0.3, 0.4) is 0 Å². The van der Waals surface area contributed by atoms with Gasteiger partial charge in [-0.1, -0.05) is 0 Å². The van der Waals surface area contributed by atoms with Gasteiger partial charge in [0.15, 0.2) is 11.5 Å². The number of Topliss-reactive ketones (excluding diaryl/α,β-unsaturated/α-hetero) is 1. The number of ketones is 1. The number of rotatable bonds is 3. The molecule has 0 aliphatic rings. The molecule has 0 aromatic carbocycles. The molecule has 1 aromatic rings. The third-order valence-corrected chi connectivity index (χ3v) is 2.05. The summed E-state index contributed by atoms with van der Waals surface area (Å²) in [7, 11) is 0. The van der Waals surface area contributed by atoms with E-state index in [2.05, 4.69) is 10.3 Å². The van der Waals surface area contributed by atoms with Gasteiger partial charge in [0.2, 0.25) is 5.95 Å². The number of hydrogen-bond donors (Lipinski definition) is 1. The van der Waals surface area contributed by atoms with E-state index in [0.29, 0.717) is 0 Å². The molecule has 0 unspecified atom stereocenters. The number of ether oxygens (including phenoxy) is 1. The standard InChI is InChI=1S/C13H14FN3O3/c1-13(2,3)17-12(19)20-10-7-16-11(14)6-8(10)9(18)4-5-15/h6-7H,4H2,1-3H3,(H,17,19). The smallest absolute Gasteiger partial charge is 0.408 e. The van der Waals surface area contributed by atoms with Crippen molar-refractivity contribution in [3.05, 3.63) is 23.8 Å². The van der Waals surface area contributed by atoms with Crippen molar-refractivity contribution in [3.8, 4) is 11.8 Å². The van der Waals surface area contributed by atoms with Crippen LogP contribution >= 0.6 is 0 Å². The monoisotopic (exact) mass is 279 g/mol. The summed E-state index contributed by atoms with van der Waals surface area (Å²) in [5.41, 5.74) is -0.718. The maximum atomic E-state index is 13.1. The molecule has 0 radical (unpaired) electrons. The van der Waals surface area contributed by atoms with Crippen LogP contribution in [0.15, 0.2) is 12.3 Å². The zero-order chi connectivity index (χ0) is 15.3. The van der Waals surface area contributed by atoms with E-state index in [4.69, 9.17) is 10.00 Å². The number of aromatic nitrogens is 1. The number of amides is 1. The Bertz CT molecular complexity index is 573. The Morgan fingerprint density at radius 1 is 1.50 bits per heavy atom. The third-order valence-electron chi connectivity index (χ3n) is 2.05. The molecule has 1 N–H and O–H groups in total. The first-order valence-corrected chi connectivity index (χ1v) is 5.78. The lowest BCUT2D eigenvalue weighted by molar-refractivity contribution is 0.0994. The highest BCUT2D eigenvalue weighted by molar-refractivity contribution is 6.00. The number of nitriles is 1. The summed E-state index contributed by atoms with van der Waals surface area (Å²) in [6.45, 7) is 5.25. The van der Waals surface area contributed by atoms with Crippen LogP contribution in [0, 0.1) is 17.3 Å². The molecule has 7 heteroatoms. The Hall–Kier alpha value is -2.49. The number of carbonyl (C=O) groups excluding carboxylic acids is 2. The van der Waals surface area contributed by atoms with Crippen LogP contribution in [0.4, 0.5) is 9.18 Å². The first-order valence-electron chi connectivity index (χ1n) is 5.78. The fourth-order valence-corrected chi connectivity index (χ4v) is 1.32. The lowest BCUT2D eigenvalue weighted by atomic mass is 10.1. The van der Waals surface area contributed by atoms with Gasteiger partial charge in [0, 0.05) is 11.6 Å². The average Bonchev–Trinajstić information content (AvgIpc) is 2.29. The van der Waals surface area contributed by atoms with Crippen molar-refractivity contribution in [2.24, 2.45) is 0 Å². The molecule has 0 fully saturated rings. The Morgan fingerprint density at radius 2 is 2.15 bits per heavy atom. The van der Waals surface area contributed by atoms with Crippen molar-refractivity contribution in [1.29, 1.82) is 5.26 Å². The summed E-state index contributed by atoms with van der Waals surface area (Å²) in [6, 6.07) is 2.49. The second-order valence-electron chi connectivity index (χ2n) is 5.03. The Kier molecular flexibility index (Phi) is 4.75. The van der Waals surface area contributed by atoms with Gasteiger partial charge < -0.3 is 10.1 Å². The molecule has 6 nitrogen and oxygen atoms in total. The predicted octanol–water partition coefficient (Wildman–Crippen LogP) is 2.20. The Labute approximate surface area is 115 Å². The van der Waals surface area contributed by atoms with E-state index in [1.54, 1.807) is 26.8 Å². The van der Waals surface area contributed by atoms with E-state index in [1.807, 2.05) is 0 Å². The van der Waals surface area contributed by atoms with Gasteiger partial charge in [0.25, 0.3) is 0 Å². The highest BCUT2D eigenvalue weighted by atomic mass is 19.1. The van der Waals surface area contributed by atoms with Gasteiger partial charge >= 0.3 is 6.09 Å². The van der Waals surface area contributed by atoms with E-state index in [1.165, 1.54) is 0 Å². The summed E-state index contributed by atoms with van der Waals surface area (Å²) in [4.78, 5) is 26.6. The number of hydrogen-bond acceptors (Lipinski definition) is 5. The van der Waals surface area contributed by atoms with E-state index < -0.39 is 29.8 Å². The first-order chi connectivity index (χ1) is 9.23. The van der Waals surface area contributed by atoms with Crippen molar-refractivity contribution in [2.45, 2.75) is 32.7 Å². The molecule has 1 heterocycles. The molecular formula is C13H14FN3O3. The zero-order valence-corrected chi connectivity index (χ0v) is 11.4. The maximum Gasteiger partial charge on any atom is 0.413 e. The molecule has 1 rings (SSSR count). The lowest BCUT2D eigenvalue weighted by Gasteiger charge is -2.20. The molecular weight excluding hydrogens is 265 g/mol. The number of halogens is 1. The summed E-state index contributed by atoms with van der Waals surface area (Å²) in [5, 5.41) is 11.0. The van der Waals surface area contributed by atoms with Gasteiger partial charge in [0.1, 0.15) is 0 Å². The van der Waals surface area contributed by atoms with E-state index in [-0.39, 0.29) is 11.3 Å². The van der Waals surface area contributed by atoms with Crippen LogP contribution < -0.4 is 10.1 Å². The summed E-state index contributed by atoms with van der Waals surface area (Å²) in [5.74, 6) is -1.73. The Morgan fingerprint density at radius 3 is 2.70 bits per heavy atom. The van der Waals surface area contributed by atoms with Crippen LogP contribution in [0.5, 0.6) is 5.75 Å². The highest BCUT2D eigenvalue weighted by Gasteiger charge is 2.20. The number of nitrogens with one attached hydrogen (secondary N) is 1. The van der Waals surface area contributed by atoms with Crippen molar-refractivity contribution < 1.29 is 18.7 Å². The van der Waals surface area contributed by atoms with Gasteiger partial charge in [-0.2, -0.15) is 9.65 Å². The summed E-state index contributed by atoms with van der Waals surface area (Å²) >= 11 is 0. The van der Waals surface area contributed by atoms with Crippen molar-refractivity contribution in [2.75, 3.05) is 0 Å². The van der Waals surface area contributed by atoms with Gasteiger partial charge in [-0.25, -0.2) is 9.78 Å². The molecule has 0 spiro atoms. The van der Waals surface area contributed by atoms with Crippen LogP contribution in [0.2, 0.25) is 0 Å². The maximum absolute atomic E-state index is 13.1. The lowest BCUT2D eigenvalue weighted by Crippen LogP contribution is -2.42. The molecule has 106 valence electrons. The molecule has 0 aliphatic heterocycles. The molecule has 0 saturated carbocycles.